The molecule has 2 atom stereocenters. The highest BCUT2D eigenvalue weighted by atomic mass is 32.2. The Bertz CT molecular complexity index is 1540. The van der Waals surface area contributed by atoms with Crippen molar-refractivity contribution >= 4 is 27.5 Å². The minimum Gasteiger partial charge on any atom is -0.493 e. The molecule has 0 fully saturated rings. The van der Waals surface area contributed by atoms with Gasteiger partial charge < -0.3 is 19.7 Å². The van der Waals surface area contributed by atoms with Crippen LogP contribution in [0.4, 0.5) is 10.1 Å². The number of aryl methyl sites for hydroxylation is 2. The molecule has 0 spiro atoms. The Morgan fingerprint density at radius 2 is 1.56 bits per heavy atom. The first kappa shape index (κ1) is 33.4. The van der Waals surface area contributed by atoms with Gasteiger partial charge >= 0.3 is 0 Å². The van der Waals surface area contributed by atoms with Crippen molar-refractivity contribution in [3.63, 3.8) is 0 Å². The number of nitrogens with one attached hydrogen (secondary N) is 1. The fourth-order valence-electron chi connectivity index (χ4n) is 4.59. The summed E-state index contributed by atoms with van der Waals surface area (Å²) in [7, 11) is -1.51. The zero-order chi connectivity index (χ0) is 31.9. The normalized spacial score (nSPS) is 12.7. The van der Waals surface area contributed by atoms with E-state index in [9.17, 15) is 22.4 Å². The van der Waals surface area contributed by atoms with Crippen LogP contribution in [0.3, 0.4) is 0 Å². The SMILES string of the molecule is CC[C@H](C)NC(=O)[C@@H](C)N(Cc1ccccc1F)C(=O)CN(c1cc(C)cc(C)c1)S(=O)(=O)c1ccc(OC)c(OC)c1. The predicted molar refractivity (Wildman–Crippen MR) is 164 cm³/mol. The van der Waals surface area contributed by atoms with E-state index >= 15 is 0 Å². The van der Waals surface area contributed by atoms with Gasteiger partial charge in [-0.25, -0.2) is 12.8 Å². The largest absolute Gasteiger partial charge is 0.493 e. The molecule has 0 aliphatic rings. The van der Waals surface area contributed by atoms with Gasteiger partial charge in [0, 0.05) is 24.2 Å². The number of benzene rings is 3. The molecule has 0 aliphatic carbocycles. The minimum atomic E-state index is -4.35. The average molecular weight is 614 g/mol. The Labute approximate surface area is 253 Å². The third-order valence-corrected chi connectivity index (χ3v) is 8.95. The molecule has 3 aromatic carbocycles. The number of halogens is 1. The van der Waals surface area contributed by atoms with Crippen molar-refractivity contribution in [1.82, 2.24) is 10.2 Å². The van der Waals surface area contributed by atoms with Crippen LogP contribution in [-0.2, 0) is 26.2 Å². The van der Waals surface area contributed by atoms with Gasteiger partial charge in [0.15, 0.2) is 11.5 Å². The molecule has 3 aromatic rings. The van der Waals surface area contributed by atoms with E-state index in [1.807, 2.05) is 33.8 Å². The third-order valence-electron chi connectivity index (χ3n) is 7.18. The van der Waals surface area contributed by atoms with Crippen molar-refractivity contribution in [3.05, 3.63) is 83.2 Å². The number of ether oxygens (including phenoxy) is 2. The Kier molecular flexibility index (Phi) is 11.2. The maximum Gasteiger partial charge on any atom is 0.264 e. The predicted octanol–water partition coefficient (Wildman–Crippen LogP) is 4.99. The van der Waals surface area contributed by atoms with E-state index in [1.165, 1.54) is 55.5 Å². The molecule has 0 unspecified atom stereocenters. The number of sulfonamides is 1. The number of hydrogen-bond donors (Lipinski definition) is 1. The van der Waals surface area contributed by atoms with Gasteiger partial charge in [0.25, 0.3) is 10.0 Å². The fraction of sp³-hybridized carbons (Fsp3) is 0.375. The van der Waals surface area contributed by atoms with Gasteiger partial charge in [0.2, 0.25) is 11.8 Å². The van der Waals surface area contributed by atoms with E-state index in [2.05, 4.69) is 5.32 Å². The third kappa shape index (κ3) is 8.04. The number of amides is 2. The van der Waals surface area contributed by atoms with Crippen LogP contribution >= 0.6 is 0 Å². The van der Waals surface area contributed by atoms with Crippen LogP contribution in [0, 0.1) is 19.7 Å². The molecule has 3 rings (SSSR count). The quantitative estimate of drug-likeness (QED) is 0.291. The lowest BCUT2D eigenvalue weighted by atomic mass is 10.1. The molecule has 0 saturated carbocycles. The summed E-state index contributed by atoms with van der Waals surface area (Å²) in [6, 6.07) is 14.2. The first-order valence-corrected chi connectivity index (χ1v) is 15.4. The summed E-state index contributed by atoms with van der Waals surface area (Å²) in [5, 5.41) is 2.86. The van der Waals surface area contributed by atoms with Crippen molar-refractivity contribution < 1.29 is 31.9 Å². The van der Waals surface area contributed by atoms with Gasteiger partial charge in [-0.3, -0.25) is 13.9 Å². The van der Waals surface area contributed by atoms with Gasteiger partial charge in [-0.15, -0.1) is 0 Å². The second-order valence-electron chi connectivity index (χ2n) is 10.5. The first-order chi connectivity index (χ1) is 20.3. The number of anilines is 1. The molecule has 0 aliphatic heterocycles. The van der Waals surface area contributed by atoms with E-state index in [0.717, 1.165) is 15.4 Å². The maximum absolute atomic E-state index is 14.7. The number of nitrogens with zero attached hydrogens (tertiary/aromatic N) is 2. The lowest BCUT2D eigenvalue weighted by Crippen LogP contribution is -2.52. The summed E-state index contributed by atoms with van der Waals surface area (Å²) in [5.41, 5.74) is 2.04. The fourth-order valence-corrected chi connectivity index (χ4v) is 6.00. The topological polar surface area (TPSA) is 105 Å². The molecular formula is C32H40FN3O6S. The molecule has 11 heteroatoms. The van der Waals surface area contributed by atoms with Gasteiger partial charge in [0.05, 0.1) is 24.8 Å². The molecule has 0 bridgehead atoms. The van der Waals surface area contributed by atoms with Crippen molar-refractivity contribution in [3.8, 4) is 11.5 Å². The smallest absolute Gasteiger partial charge is 0.264 e. The van der Waals surface area contributed by atoms with Crippen LogP contribution < -0.4 is 19.1 Å². The number of carbonyl (C=O) groups is 2. The summed E-state index contributed by atoms with van der Waals surface area (Å²) >= 11 is 0. The molecule has 9 nitrogen and oxygen atoms in total. The highest BCUT2D eigenvalue weighted by Gasteiger charge is 2.33. The highest BCUT2D eigenvalue weighted by Crippen LogP contribution is 2.33. The molecule has 0 heterocycles. The van der Waals surface area contributed by atoms with E-state index in [4.69, 9.17) is 9.47 Å². The highest BCUT2D eigenvalue weighted by molar-refractivity contribution is 7.92. The summed E-state index contributed by atoms with van der Waals surface area (Å²) in [6.45, 7) is 8.06. The molecule has 0 saturated heterocycles. The van der Waals surface area contributed by atoms with Crippen molar-refractivity contribution in [1.29, 1.82) is 0 Å². The van der Waals surface area contributed by atoms with Crippen molar-refractivity contribution in [2.24, 2.45) is 0 Å². The van der Waals surface area contributed by atoms with Crippen LogP contribution in [0.5, 0.6) is 11.5 Å². The lowest BCUT2D eigenvalue weighted by molar-refractivity contribution is -0.139. The lowest BCUT2D eigenvalue weighted by Gasteiger charge is -2.32. The minimum absolute atomic E-state index is 0.125. The second-order valence-corrected chi connectivity index (χ2v) is 12.3. The second kappa shape index (κ2) is 14.4. The Hall–Kier alpha value is -4.12. The van der Waals surface area contributed by atoms with E-state index in [0.29, 0.717) is 12.2 Å². The summed E-state index contributed by atoms with van der Waals surface area (Å²) in [5.74, 6) is -1.11. The summed E-state index contributed by atoms with van der Waals surface area (Å²) in [4.78, 5) is 28.3. The van der Waals surface area contributed by atoms with Crippen LogP contribution in [0.1, 0.15) is 43.9 Å². The van der Waals surface area contributed by atoms with Crippen molar-refractivity contribution in [2.75, 3.05) is 25.1 Å². The molecule has 0 aromatic heterocycles. The Balaban J connectivity index is 2.12. The van der Waals surface area contributed by atoms with Gasteiger partial charge in [-0.2, -0.15) is 0 Å². The van der Waals surface area contributed by atoms with E-state index in [1.54, 1.807) is 25.1 Å². The summed E-state index contributed by atoms with van der Waals surface area (Å²) < 4.78 is 54.7. The molecule has 1 N–H and O–H groups in total. The molecule has 232 valence electrons. The van der Waals surface area contributed by atoms with E-state index in [-0.39, 0.29) is 34.5 Å². The number of rotatable bonds is 13. The average Bonchev–Trinajstić information content (AvgIpc) is 2.97. The zero-order valence-electron chi connectivity index (χ0n) is 25.7. The molecule has 43 heavy (non-hydrogen) atoms. The maximum atomic E-state index is 14.7. The van der Waals surface area contributed by atoms with Gasteiger partial charge in [0.1, 0.15) is 18.4 Å². The molecular weight excluding hydrogens is 573 g/mol. The standard InChI is InChI=1S/C32H40FN3O6S/c1-8-23(4)34-32(38)24(5)35(19-25-11-9-10-12-28(25)33)31(37)20-36(26-16-21(2)15-22(3)17-26)43(39,40)27-13-14-29(41-6)30(18-27)42-7/h9-18,23-24H,8,19-20H2,1-7H3,(H,34,38)/t23-,24+/m0/s1. The van der Waals surface area contributed by atoms with Crippen LogP contribution in [0.25, 0.3) is 0 Å². The van der Waals surface area contributed by atoms with Crippen LogP contribution in [-0.4, -0.2) is 58.0 Å². The van der Waals surface area contributed by atoms with Gasteiger partial charge in [-0.1, -0.05) is 31.2 Å². The van der Waals surface area contributed by atoms with Crippen LogP contribution in [0.2, 0.25) is 0 Å². The molecule has 2 amide bonds. The zero-order valence-corrected chi connectivity index (χ0v) is 26.5. The Morgan fingerprint density at radius 1 is 0.930 bits per heavy atom. The van der Waals surface area contributed by atoms with Gasteiger partial charge in [-0.05, 0) is 75.6 Å². The van der Waals surface area contributed by atoms with Crippen LogP contribution in [0.15, 0.2) is 65.6 Å². The number of hydrogen-bond acceptors (Lipinski definition) is 6. The van der Waals surface area contributed by atoms with E-state index < -0.39 is 40.2 Å². The Morgan fingerprint density at radius 3 is 2.14 bits per heavy atom. The summed E-state index contributed by atoms with van der Waals surface area (Å²) in [6.07, 6.45) is 0.670. The molecule has 0 radical (unpaired) electrons. The number of methoxy groups -OCH3 is 2. The monoisotopic (exact) mass is 613 g/mol. The number of carbonyl (C=O) groups excluding carboxylic acids is 2. The first-order valence-electron chi connectivity index (χ1n) is 14.0. The van der Waals surface area contributed by atoms with Crippen molar-refractivity contribution in [2.45, 2.75) is 64.6 Å².